The minimum atomic E-state index is 0.486. The van der Waals surface area contributed by atoms with Gasteiger partial charge in [0, 0.05) is 5.92 Å². The van der Waals surface area contributed by atoms with E-state index in [9.17, 15) is 0 Å². The number of benzene rings is 2. The first kappa shape index (κ1) is 13.0. The third kappa shape index (κ3) is 2.51. The van der Waals surface area contributed by atoms with Gasteiger partial charge in [0.1, 0.15) is 5.75 Å². The summed E-state index contributed by atoms with van der Waals surface area (Å²) in [6.07, 6.45) is 3.64. The second kappa shape index (κ2) is 5.58. The Balaban J connectivity index is 1.75. The van der Waals surface area contributed by atoms with Crippen LogP contribution in [0.4, 0.5) is 5.69 Å². The number of hydrogen-bond acceptors (Lipinski definition) is 2. The number of ether oxygens (including phenoxy) is 1. The molecule has 2 N–H and O–H groups in total. The first-order valence-corrected chi connectivity index (χ1v) is 7.31. The Bertz CT molecular complexity index is 606. The number of nitrogens with two attached hydrogens (primary N) is 1. The highest BCUT2D eigenvalue weighted by Crippen LogP contribution is 2.33. The molecule has 2 aromatic rings. The standard InChI is InChI=1S/C18H21NO/c1-13-6-4-11-17(18(13)19)20-12-15-9-5-8-14-7-2-3-10-16(14)15/h2-4,6-7,10-11,15H,5,8-9,12,19H2,1H3. The van der Waals surface area contributed by atoms with E-state index in [2.05, 4.69) is 24.3 Å². The molecule has 0 spiro atoms. The molecule has 0 amide bonds. The van der Waals surface area contributed by atoms with Gasteiger partial charge in [0.2, 0.25) is 0 Å². The quantitative estimate of drug-likeness (QED) is 0.851. The third-order valence-electron chi connectivity index (χ3n) is 4.22. The lowest BCUT2D eigenvalue weighted by Crippen LogP contribution is -2.17. The van der Waals surface area contributed by atoms with Gasteiger partial charge in [-0.2, -0.15) is 0 Å². The molecule has 0 bridgehead atoms. The highest BCUT2D eigenvalue weighted by Gasteiger charge is 2.20. The van der Waals surface area contributed by atoms with Gasteiger partial charge in [-0.05, 0) is 48.9 Å². The Kier molecular flexibility index (Phi) is 3.64. The molecule has 1 aliphatic carbocycles. The molecule has 0 saturated heterocycles. The lowest BCUT2D eigenvalue weighted by atomic mass is 9.83. The number of anilines is 1. The van der Waals surface area contributed by atoms with E-state index in [4.69, 9.17) is 10.5 Å². The van der Waals surface area contributed by atoms with Crippen molar-refractivity contribution in [2.75, 3.05) is 12.3 Å². The molecular weight excluding hydrogens is 246 g/mol. The first-order valence-electron chi connectivity index (χ1n) is 7.31. The summed E-state index contributed by atoms with van der Waals surface area (Å²) in [6, 6.07) is 14.7. The molecule has 0 radical (unpaired) electrons. The molecule has 0 heterocycles. The largest absolute Gasteiger partial charge is 0.491 e. The Morgan fingerprint density at radius 1 is 1.15 bits per heavy atom. The Hall–Kier alpha value is -1.96. The molecule has 3 rings (SSSR count). The molecule has 1 aliphatic rings. The summed E-state index contributed by atoms with van der Waals surface area (Å²) < 4.78 is 5.99. The SMILES string of the molecule is Cc1cccc(OCC2CCCc3ccccc32)c1N. The van der Waals surface area contributed by atoms with Crippen LogP contribution in [0.5, 0.6) is 5.75 Å². The van der Waals surface area contributed by atoms with Crippen LogP contribution in [0.2, 0.25) is 0 Å². The van der Waals surface area contributed by atoms with Crippen molar-refractivity contribution in [1.29, 1.82) is 0 Å². The fraction of sp³-hybridized carbons (Fsp3) is 0.333. The maximum atomic E-state index is 6.07. The fourth-order valence-electron chi connectivity index (χ4n) is 3.00. The first-order chi connectivity index (χ1) is 9.75. The zero-order chi connectivity index (χ0) is 13.9. The van der Waals surface area contributed by atoms with Gasteiger partial charge in [-0.1, -0.05) is 36.4 Å². The molecule has 2 nitrogen and oxygen atoms in total. The van der Waals surface area contributed by atoms with Crippen LogP contribution >= 0.6 is 0 Å². The molecule has 0 aromatic heterocycles. The predicted molar refractivity (Wildman–Crippen MR) is 83.2 cm³/mol. The van der Waals surface area contributed by atoms with Crippen LogP contribution in [-0.4, -0.2) is 6.61 Å². The van der Waals surface area contributed by atoms with E-state index < -0.39 is 0 Å². The number of aryl methyl sites for hydroxylation is 2. The summed E-state index contributed by atoms with van der Waals surface area (Å²) in [5.74, 6) is 1.30. The molecule has 2 heteroatoms. The molecule has 0 fully saturated rings. The van der Waals surface area contributed by atoms with E-state index in [0.717, 1.165) is 17.0 Å². The molecular formula is C18H21NO. The van der Waals surface area contributed by atoms with Crippen molar-refractivity contribution in [2.45, 2.75) is 32.1 Å². The van der Waals surface area contributed by atoms with Gasteiger partial charge in [0.25, 0.3) is 0 Å². The van der Waals surface area contributed by atoms with E-state index in [0.29, 0.717) is 12.5 Å². The predicted octanol–water partition coefficient (Wildman–Crippen LogP) is 4.08. The summed E-state index contributed by atoms with van der Waals surface area (Å²) in [7, 11) is 0. The molecule has 1 atom stereocenters. The van der Waals surface area contributed by atoms with Gasteiger partial charge in [-0.25, -0.2) is 0 Å². The van der Waals surface area contributed by atoms with Crippen LogP contribution in [0.25, 0.3) is 0 Å². The normalized spacial score (nSPS) is 17.6. The van der Waals surface area contributed by atoms with Gasteiger partial charge >= 0.3 is 0 Å². The molecule has 1 unspecified atom stereocenters. The van der Waals surface area contributed by atoms with Crippen LogP contribution in [0.15, 0.2) is 42.5 Å². The van der Waals surface area contributed by atoms with E-state index >= 15 is 0 Å². The number of fused-ring (bicyclic) bond motifs is 1. The third-order valence-corrected chi connectivity index (χ3v) is 4.22. The van der Waals surface area contributed by atoms with Crippen molar-refractivity contribution in [3.8, 4) is 5.75 Å². The molecule has 2 aromatic carbocycles. The minimum absolute atomic E-state index is 0.486. The number of hydrogen-bond donors (Lipinski definition) is 1. The molecule has 0 saturated carbocycles. The van der Waals surface area contributed by atoms with Crippen molar-refractivity contribution in [1.82, 2.24) is 0 Å². The van der Waals surface area contributed by atoms with Gasteiger partial charge in [0.05, 0.1) is 12.3 Å². The van der Waals surface area contributed by atoms with Gasteiger partial charge in [-0.3, -0.25) is 0 Å². The van der Waals surface area contributed by atoms with Crippen LogP contribution in [0.3, 0.4) is 0 Å². The minimum Gasteiger partial charge on any atom is -0.491 e. The van der Waals surface area contributed by atoms with Crippen LogP contribution in [-0.2, 0) is 6.42 Å². The van der Waals surface area contributed by atoms with Crippen molar-refractivity contribution < 1.29 is 4.74 Å². The average molecular weight is 267 g/mol. The molecule has 104 valence electrons. The number of nitrogen functional groups attached to an aromatic ring is 1. The smallest absolute Gasteiger partial charge is 0.142 e. The second-order valence-electron chi connectivity index (χ2n) is 5.59. The lowest BCUT2D eigenvalue weighted by molar-refractivity contribution is 0.276. The summed E-state index contributed by atoms with van der Waals surface area (Å²) in [4.78, 5) is 0. The van der Waals surface area contributed by atoms with Gasteiger partial charge in [0.15, 0.2) is 0 Å². The maximum absolute atomic E-state index is 6.07. The molecule has 0 aliphatic heterocycles. The van der Waals surface area contributed by atoms with Crippen molar-refractivity contribution in [3.63, 3.8) is 0 Å². The maximum Gasteiger partial charge on any atom is 0.142 e. The summed E-state index contributed by atoms with van der Waals surface area (Å²) in [5.41, 5.74) is 10.8. The van der Waals surface area contributed by atoms with Crippen LogP contribution < -0.4 is 10.5 Å². The lowest BCUT2D eigenvalue weighted by Gasteiger charge is -2.25. The highest BCUT2D eigenvalue weighted by atomic mass is 16.5. The number of rotatable bonds is 3. The van der Waals surface area contributed by atoms with Crippen molar-refractivity contribution >= 4 is 5.69 Å². The fourth-order valence-corrected chi connectivity index (χ4v) is 3.00. The zero-order valence-electron chi connectivity index (χ0n) is 11.9. The average Bonchev–Trinajstić information content (AvgIpc) is 2.49. The number of para-hydroxylation sites is 1. The monoisotopic (exact) mass is 267 g/mol. The van der Waals surface area contributed by atoms with E-state index in [1.165, 1.54) is 30.4 Å². The van der Waals surface area contributed by atoms with E-state index in [1.54, 1.807) is 0 Å². The molecule has 20 heavy (non-hydrogen) atoms. The van der Waals surface area contributed by atoms with Crippen LogP contribution in [0.1, 0.15) is 35.4 Å². The highest BCUT2D eigenvalue weighted by molar-refractivity contribution is 5.57. The zero-order valence-corrected chi connectivity index (χ0v) is 11.9. The second-order valence-corrected chi connectivity index (χ2v) is 5.59. The van der Waals surface area contributed by atoms with Crippen molar-refractivity contribution in [2.24, 2.45) is 0 Å². The van der Waals surface area contributed by atoms with Crippen molar-refractivity contribution in [3.05, 3.63) is 59.2 Å². The van der Waals surface area contributed by atoms with Gasteiger partial charge in [-0.15, -0.1) is 0 Å². The summed E-state index contributed by atoms with van der Waals surface area (Å²) >= 11 is 0. The Morgan fingerprint density at radius 2 is 2.00 bits per heavy atom. The Labute approximate surface area is 120 Å². The topological polar surface area (TPSA) is 35.2 Å². The summed E-state index contributed by atoms with van der Waals surface area (Å²) in [5, 5.41) is 0. The van der Waals surface area contributed by atoms with Gasteiger partial charge < -0.3 is 10.5 Å². The van der Waals surface area contributed by atoms with Crippen LogP contribution in [0, 0.1) is 6.92 Å². The summed E-state index contributed by atoms with van der Waals surface area (Å²) in [6.45, 7) is 2.72. The van der Waals surface area contributed by atoms with E-state index in [-0.39, 0.29) is 0 Å². The Morgan fingerprint density at radius 3 is 2.90 bits per heavy atom. The van der Waals surface area contributed by atoms with E-state index in [1.807, 2.05) is 25.1 Å².